The lowest BCUT2D eigenvalue weighted by Gasteiger charge is -2.24. The van der Waals surface area contributed by atoms with Crippen molar-refractivity contribution >= 4 is 17.5 Å². The van der Waals surface area contributed by atoms with Gasteiger partial charge in [0, 0.05) is 21.8 Å². The molecule has 1 aromatic heterocycles. The van der Waals surface area contributed by atoms with E-state index in [1.807, 2.05) is 29.1 Å². The van der Waals surface area contributed by atoms with Crippen LogP contribution in [0.15, 0.2) is 54.7 Å². The van der Waals surface area contributed by atoms with Gasteiger partial charge in [-0.1, -0.05) is 48.0 Å². The van der Waals surface area contributed by atoms with Crippen molar-refractivity contribution in [2.24, 2.45) is 0 Å². The van der Waals surface area contributed by atoms with E-state index in [4.69, 9.17) is 11.6 Å². The van der Waals surface area contributed by atoms with Gasteiger partial charge in [0.15, 0.2) is 0 Å². The molecular formula is C22H21ClFN3O. The molecule has 3 aromatic rings. The molecule has 28 heavy (non-hydrogen) atoms. The minimum atomic E-state index is -0.456. The van der Waals surface area contributed by atoms with Crippen LogP contribution in [0, 0.1) is 5.82 Å². The Kier molecular flexibility index (Phi) is 5.44. The van der Waals surface area contributed by atoms with E-state index in [1.165, 1.54) is 17.7 Å². The first-order chi connectivity index (χ1) is 13.6. The van der Waals surface area contributed by atoms with Gasteiger partial charge in [0.2, 0.25) is 5.91 Å². The van der Waals surface area contributed by atoms with Gasteiger partial charge in [-0.2, -0.15) is 5.10 Å². The maximum absolute atomic E-state index is 14.0. The fourth-order valence-corrected chi connectivity index (χ4v) is 4.00. The van der Waals surface area contributed by atoms with Crippen molar-refractivity contribution < 1.29 is 9.18 Å². The van der Waals surface area contributed by atoms with Gasteiger partial charge >= 0.3 is 0 Å². The summed E-state index contributed by atoms with van der Waals surface area (Å²) < 4.78 is 16.0. The first-order valence-corrected chi connectivity index (χ1v) is 9.80. The van der Waals surface area contributed by atoms with Crippen LogP contribution in [0.3, 0.4) is 0 Å². The summed E-state index contributed by atoms with van der Waals surface area (Å²) in [6.07, 6.45) is 4.53. The number of carbonyl (C=O) groups is 1. The van der Waals surface area contributed by atoms with Crippen molar-refractivity contribution in [1.29, 1.82) is 0 Å². The number of fused-ring (bicyclic) bond motifs is 1. The van der Waals surface area contributed by atoms with Crippen LogP contribution in [0.4, 0.5) is 4.39 Å². The van der Waals surface area contributed by atoms with Gasteiger partial charge in [-0.25, -0.2) is 4.39 Å². The van der Waals surface area contributed by atoms with Gasteiger partial charge in [-0.05, 0) is 37.0 Å². The molecule has 144 valence electrons. The second-order valence-corrected chi connectivity index (χ2v) is 7.49. The van der Waals surface area contributed by atoms with E-state index in [1.54, 1.807) is 6.07 Å². The zero-order valence-corrected chi connectivity index (χ0v) is 16.1. The summed E-state index contributed by atoms with van der Waals surface area (Å²) in [6.45, 7) is 0.710. The predicted octanol–water partition coefficient (Wildman–Crippen LogP) is 4.46. The topological polar surface area (TPSA) is 46.9 Å². The molecule has 0 spiro atoms. The van der Waals surface area contributed by atoms with E-state index in [0.29, 0.717) is 6.54 Å². The standard InChI is InChI=1S/C22H21ClFN3O/c23-18-8-4-9-19(24)16(18)12-22(28)26-20-10-5-11-21-17(20)13-25-27(21)14-15-6-2-1-3-7-15/h1-4,6-9,13,20H,5,10-12,14H2,(H,26,28). The Balaban J connectivity index is 1.48. The molecule has 1 atom stereocenters. The van der Waals surface area contributed by atoms with Crippen LogP contribution in [-0.4, -0.2) is 15.7 Å². The summed E-state index contributed by atoms with van der Waals surface area (Å²) >= 11 is 6.04. The second kappa shape index (κ2) is 8.15. The summed E-state index contributed by atoms with van der Waals surface area (Å²) in [7, 11) is 0. The summed E-state index contributed by atoms with van der Waals surface area (Å²) in [6, 6.07) is 14.5. The minimum Gasteiger partial charge on any atom is -0.349 e. The van der Waals surface area contributed by atoms with Crippen LogP contribution in [0.2, 0.25) is 5.02 Å². The lowest BCUT2D eigenvalue weighted by Crippen LogP contribution is -2.32. The zero-order chi connectivity index (χ0) is 19.5. The quantitative estimate of drug-likeness (QED) is 0.690. The second-order valence-electron chi connectivity index (χ2n) is 7.08. The SMILES string of the molecule is O=C(Cc1c(F)cccc1Cl)NC1CCCc2c1cnn2Cc1ccccc1. The highest BCUT2D eigenvalue weighted by atomic mass is 35.5. The predicted molar refractivity (Wildman–Crippen MR) is 107 cm³/mol. The number of nitrogens with one attached hydrogen (secondary N) is 1. The van der Waals surface area contributed by atoms with Crippen molar-refractivity contribution in [3.05, 3.63) is 88.0 Å². The summed E-state index contributed by atoms with van der Waals surface area (Å²) in [5.41, 5.74) is 3.63. The smallest absolute Gasteiger partial charge is 0.225 e. The molecule has 4 rings (SSSR count). The lowest BCUT2D eigenvalue weighted by molar-refractivity contribution is -0.121. The first-order valence-electron chi connectivity index (χ1n) is 9.42. The average molecular weight is 398 g/mol. The van der Waals surface area contributed by atoms with Gasteiger partial charge < -0.3 is 5.32 Å². The maximum atomic E-state index is 14.0. The molecule has 0 saturated heterocycles. The van der Waals surface area contributed by atoms with Crippen LogP contribution < -0.4 is 5.32 Å². The van der Waals surface area contributed by atoms with Crippen molar-refractivity contribution in [2.45, 2.75) is 38.3 Å². The van der Waals surface area contributed by atoms with E-state index in [9.17, 15) is 9.18 Å². The van der Waals surface area contributed by atoms with Gasteiger partial charge in [0.1, 0.15) is 5.82 Å². The van der Waals surface area contributed by atoms with Gasteiger partial charge in [-0.3, -0.25) is 9.48 Å². The van der Waals surface area contributed by atoms with Crippen LogP contribution in [0.25, 0.3) is 0 Å². The van der Waals surface area contributed by atoms with Crippen molar-refractivity contribution in [3.8, 4) is 0 Å². The van der Waals surface area contributed by atoms with Crippen LogP contribution in [0.5, 0.6) is 0 Å². The monoisotopic (exact) mass is 397 g/mol. The molecule has 6 heteroatoms. The Morgan fingerprint density at radius 1 is 1.21 bits per heavy atom. The number of aromatic nitrogens is 2. The number of nitrogens with zero attached hydrogens (tertiary/aromatic N) is 2. The molecule has 1 aliphatic rings. The lowest BCUT2D eigenvalue weighted by atomic mass is 9.92. The molecule has 1 amide bonds. The summed E-state index contributed by atoms with van der Waals surface area (Å²) in [4.78, 5) is 12.5. The number of amides is 1. The van der Waals surface area contributed by atoms with Crippen molar-refractivity contribution in [2.75, 3.05) is 0 Å². The number of rotatable bonds is 5. The fourth-order valence-electron chi connectivity index (χ4n) is 3.77. The number of benzene rings is 2. The molecule has 0 bridgehead atoms. The van der Waals surface area contributed by atoms with Gasteiger partial charge in [0.05, 0.1) is 25.2 Å². The largest absolute Gasteiger partial charge is 0.349 e. The molecular weight excluding hydrogens is 377 g/mol. The van der Waals surface area contributed by atoms with Crippen LogP contribution in [-0.2, 0) is 24.2 Å². The molecule has 4 nitrogen and oxygen atoms in total. The van der Waals surface area contributed by atoms with E-state index in [0.717, 1.165) is 30.5 Å². The molecule has 1 unspecified atom stereocenters. The third kappa shape index (κ3) is 3.94. The molecule has 0 fully saturated rings. The maximum Gasteiger partial charge on any atom is 0.225 e. The van der Waals surface area contributed by atoms with Gasteiger partial charge in [-0.15, -0.1) is 0 Å². The van der Waals surface area contributed by atoms with E-state index in [2.05, 4.69) is 22.5 Å². The number of halogens is 2. The van der Waals surface area contributed by atoms with E-state index >= 15 is 0 Å². The Morgan fingerprint density at radius 2 is 2.04 bits per heavy atom. The molecule has 1 N–H and O–H groups in total. The highest BCUT2D eigenvalue weighted by molar-refractivity contribution is 6.31. The molecule has 0 aliphatic heterocycles. The van der Waals surface area contributed by atoms with Crippen LogP contribution in [0.1, 0.15) is 41.3 Å². The third-order valence-corrected chi connectivity index (χ3v) is 5.53. The van der Waals surface area contributed by atoms with E-state index < -0.39 is 5.82 Å². The first kappa shape index (κ1) is 18.7. The third-order valence-electron chi connectivity index (χ3n) is 5.17. The molecule has 0 radical (unpaired) electrons. The minimum absolute atomic E-state index is 0.0739. The molecule has 2 aromatic carbocycles. The normalized spacial score (nSPS) is 15.9. The van der Waals surface area contributed by atoms with Crippen molar-refractivity contribution in [3.63, 3.8) is 0 Å². The highest BCUT2D eigenvalue weighted by Crippen LogP contribution is 2.30. The van der Waals surface area contributed by atoms with Crippen LogP contribution >= 0.6 is 11.6 Å². The molecule has 0 saturated carbocycles. The average Bonchev–Trinajstić information content (AvgIpc) is 3.10. The Bertz CT molecular complexity index is 966. The fraction of sp³-hybridized carbons (Fsp3) is 0.273. The zero-order valence-electron chi connectivity index (χ0n) is 15.4. The Morgan fingerprint density at radius 3 is 2.82 bits per heavy atom. The Labute approximate surface area is 168 Å². The summed E-state index contributed by atoms with van der Waals surface area (Å²) in [5, 5.41) is 7.86. The summed E-state index contributed by atoms with van der Waals surface area (Å²) in [5.74, 6) is -0.691. The molecule has 1 aliphatic carbocycles. The van der Waals surface area contributed by atoms with Crippen molar-refractivity contribution in [1.82, 2.24) is 15.1 Å². The number of hydrogen-bond donors (Lipinski definition) is 1. The highest BCUT2D eigenvalue weighted by Gasteiger charge is 2.26. The van der Waals surface area contributed by atoms with Gasteiger partial charge in [0.25, 0.3) is 0 Å². The molecule has 1 heterocycles. The number of carbonyl (C=O) groups excluding carboxylic acids is 1. The van der Waals surface area contributed by atoms with E-state index in [-0.39, 0.29) is 29.0 Å². The number of hydrogen-bond acceptors (Lipinski definition) is 2. The Hall–Kier alpha value is -2.66.